The molecule has 2 aromatic heterocycles. The largest absolute Gasteiger partial charge is 0.465 e. The van der Waals surface area contributed by atoms with E-state index in [0.717, 1.165) is 11.1 Å². The highest BCUT2D eigenvalue weighted by molar-refractivity contribution is 6.06. The van der Waals surface area contributed by atoms with Crippen molar-refractivity contribution in [1.82, 2.24) is 19.7 Å². The molecule has 1 fully saturated rings. The average molecular weight is 501 g/mol. The zero-order chi connectivity index (χ0) is 26.9. The number of anilines is 1. The first kappa shape index (κ1) is 25.9. The van der Waals surface area contributed by atoms with Crippen LogP contribution < -0.4 is 4.90 Å². The van der Waals surface area contributed by atoms with Crippen LogP contribution in [0.3, 0.4) is 0 Å². The summed E-state index contributed by atoms with van der Waals surface area (Å²) in [5.74, 6) is 0.286. The Balaban J connectivity index is 1.79. The zero-order valence-electron chi connectivity index (χ0n) is 21.8. The number of carbonyl (C=O) groups is 2. The molecule has 2 atom stereocenters. The van der Waals surface area contributed by atoms with Gasteiger partial charge in [-0.2, -0.15) is 10.4 Å². The summed E-state index contributed by atoms with van der Waals surface area (Å²) in [4.78, 5) is 34.1. The van der Waals surface area contributed by atoms with Crippen LogP contribution in [-0.4, -0.2) is 55.4 Å². The molecule has 9 nitrogen and oxygen atoms in total. The predicted octanol–water partition coefficient (Wildman–Crippen LogP) is 4.87. The van der Waals surface area contributed by atoms with Crippen molar-refractivity contribution in [2.75, 3.05) is 11.4 Å². The second-order valence-corrected chi connectivity index (χ2v) is 10.5. The Morgan fingerprint density at radius 3 is 2.49 bits per heavy atom. The molecule has 3 heterocycles. The maximum Gasteiger partial charge on any atom is 0.407 e. The van der Waals surface area contributed by atoms with Crippen molar-refractivity contribution in [2.45, 2.75) is 52.6 Å². The van der Waals surface area contributed by atoms with Gasteiger partial charge in [0, 0.05) is 30.9 Å². The number of hydrogen-bond donors (Lipinski definition) is 1. The standard InChI is InChI=1S/C28H32N6O3/c1-18-8-6-14-30-25(18)34(22-9-7-15-33(27(36)37)24(22)28(2,3)4)26(35)20-12-10-19(11-13-20)21-17-31-32(5)23(21)16-29/h6,8,10-14,17,22,24H,7,9,15H2,1-5H3,(H,36,37)/t22-,24?/m1/s1. The number of carboxylic acid groups (broad SMARTS) is 1. The monoisotopic (exact) mass is 500 g/mol. The molecule has 0 spiro atoms. The van der Waals surface area contributed by atoms with Crippen LogP contribution in [0.15, 0.2) is 48.8 Å². The number of piperidine rings is 1. The van der Waals surface area contributed by atoms with Crippen LogP contribution in [-0.2, 0) is 7.05 Å². The molecule has 9 heteroatoms. The molecule has 1 N–H and O–H groups in total. The highest BCUT2D eigenvalue weighted by atomic mass is 16.4. The maximum atomic E-state index is 14.2. The first-order chi connectivity index (χ1) is 17.5. The molecule has 37 heavy (non-hydrogen) atoms. The summed E-state index contributed by atoms with van der Waals surface area (Å²) in [6, 6.07) is 12.2. The Morgan fingerprint density at radius 1 is 1.19 bits per heavy atom. The number of pyridine rings is 1. The number of hydrogen-bond acceptors (Lipinski definition) is 5. The Morgan fingerprint density at radius 2 is 1.89 bits per heavy atom. The number of amides is 2. The molecule has 0 saturated carbocycles. The minimum Gasteiger partial charge on any atom is -0.465 e. The normalized spacial score (nSPS) is 17.8. The summed E-state index contributed by atoms with van der Waals surface area (Å²) in [6.45, 7) is 8.36. The third kappa shape index (κ3) is 4.92. The van der Waals surface area contributed by atoms with E-state index in [4.69, 9.17) is 0 Å². The number of nitriles is 1. The number of likely N-dealkylation sites (tertiary alicyclic amines) is 1. The number of benzene rings is 1. The number of nitrogens with zero attached hydrogens (tertiary/aromatic N) is 6. The molecule has 1 aromatic carbocycles. The van der Waals surface area contributed by atoms with Gasteiger partial charge in [0.1, 0.15) is 17.6 Å². The first-order valence-electron chi connectivity index (χ1n) is 12.3. The maximum absolute atomic E-state index is 14.2. The van der Waals surface area contributed by atoms with Gasteiger partial charge in [0.05, 0.1) is 18.3 Å². The lowest BCUT2D eigenvalue weighted by molar-refractivity contribution is 0.0431. The zero-order valence-corrected chi connectivity index (χ0v) is 21.8. The lowest BCUT2D eigenvalue weighted by atomic mass is 9.77. The Bertz CT molecular complexity index is 1350. The number of rotatable bonds is 4. The van der Waals surface area contributed by atoms with Gasteiger partial charge < -0.3 is 10.0 Å². The SMILES string of the molecule is Cc1cccnc1N(C(=O)c1ccc(-c2cnn(C)c2C#N)cc1)[C@@H]1CCCN(C(=O)O)C1C(C)(C)C. The Hall–Kier alpha value is -4.19. The minimum absolute atomic E-state index is 0.244. The van der Waals surface area contributed by atoms with Gasteiger partial charge in [0.25, 0.3) is 5.91 Å². The lowest BCUT2D eigenvalue weighted by Crippen LogP contribution is -2.63. The van der Waals surface area contributed by atoms with Crippen molar-refractivity contribution in [3.63, 3.8) is 0 Å². The smallest absolute Gasteiger partial charge is 0.407 e. The second-order valence-electron chi connectivity index (χ2n) is 10.5. The minimum atomic E-state index is -0.983. The van der Waals surface area contributed by atoms with Crippen LogP contribution in [0.2, 0.25) is 0 Å². The quantitative estimate of drug-likeness (QED) is 0.547. The summed E-state index contributed by atoms with van der Waals surface area (Å²) < 4.78 is 1.52. The van der Waals surface area contributed by atoms with Gasteiger partial charge >= 0.3 is 6.09 Å². The first-order valence-corrected chi connectivity index (χ1v) is 12.3. The number of aryl methyl sites for hydroxylation is 2. The summed E-state index contributed by atoms with van der Waals surface area (Å²) in [6.07, 6.45) is 3.61. The van der Waals surface area contributed by atoms with E-state index in [1.165, 1.54) is 9.58 Å². The highest BCUT2D eigenvalue weighted by Crippen LogP contribution is 2.38. The Labute approximate surface area is 217 Å². The fourth-order valence-electron chi connectivity index (χ4n) is 5.35. The van der Waals surface area contributed by atoms with E-state index in [1.54, 1.807) is 48.6 Å². The van der Waals surface area contributed by atoms with Crippen LogP contribution in [0, 0.1) is 23.7 Å². The van der Waals surface area contributed by atoms with Crippen molar-refractivity contribution in [2.24, 2.45) is 12.5 Å². The van der Waals surface area contributed by atoms with Gasteiger partial charge in [-0.1, -0.05) is 39.0 Å². The van der Waals surface area contributed by atoms with Gasteiger partial charge in [0.15, 0.2) is 0 Å². The fraction of sp³-hybridized carbons (Fsp3) is 0.393. The van der Waals surface area contributed by atoms with E-state index < -0.39 is 23.6 Å². The highest BCUT2D eigenvalue weighted by Gasteiger charge is 2.46. The molecule has 2 amide bonds. The second kappa shape index (κ2) is 10.1. The molecule has 1 saturated heterocycles. The molecular formula is C28H32N6O3. The molecule has 0 aliphatic carbocycles. The molecule has 1 aliphatic heterocycles. The van der Waals surface area contributed by atoms with Crippen LogP contribution in [0.25, 0.3) is 11.1 Å². The van der Waals surface area contributed by atoms with Crippen LogP contribution in [0.5, 0.6) is 0 Å². The van der Waals surface area contributed by atoms with Gasteiger partial charge in [-0.3, -0.25) is 14.4 Å². The van der Waals surface area contributed by atoms with E-state index in [2.05, 4.69) is 16.2 Å². The summed E-state index contributed by atoms with van der Waals surface area (Å²) >= 11 is 0. The van der Waals surface area contributed by atoms with E-state index in [-0.39, 0.29) is 5.91 Å². The van der Waals surface area contributed by atoms with Crippen molar-refractivity contribution in [3.05, 3.63) is 65.6 Å². The third-order valence-corrected chi connectivity index (χ3v) is 6.98. The van der Waals surface area contributed by atoms with E-state index in [0.29, 0.717) is 42.0 Å². The number of carbonyl (C=O) groups excluding carboxylic acids is 1. The van der Waals surface area contributed by atoms with E-state index in [1.807, 2.05) is 39.8 Å². The van der Waals surface area contributed by atoms with Gasteiger partial charge in [-0.05, 0) is 54.5 Å². The molecular weight excluding hydrogens is 468 g/mol. The summed E-state index contributed by atoms with van der Waals surface area (Å²) in [5, 5.41) is 23.7. The van der Waals surface area contributed by atoms with Crippen molar-refractivity contribution in [1.29, 1.82) is 5.26 Å². The number of aromatic nitrogens is 3. The molecule has 192 valence electrons. The predicted molar refractivity (Wildman–Crippen MR) is 140 cm³/mol. The lowest BCUT2D eigenvalue weighted by Gasteiger charge is -2.50. The molecule has 1 aliphatic rings. The van der Waals surface area contributed by atoms with Crippen molar-refractivity contribution >= 4 is 17.8 Å². The fourth-order valence-corrected chi connectivity index (χ4v) is 5.35. The molecule has 4 rings (SSSR count). The summed E-state index contributed by atoms with van der Waals surface area (Å²) in [7, 11) is 1.71. The molecule has 0 radical (unpaired) electrons. The average Bonchev–Trinajstić information content (AvgIpc) is 3.24. The Kier molecular flexibility index (Phi) is 7.03. The molecule has 0 bridgehead atoms. The van der Waals surface area contributed by atoms with Crippen LogP contribution in [0.4, 0.5) is 10.6 Å². The van der Waals surface area contributed by atoms with Crippen molar-refractivity contribution in [3.8, 4) is 17.2 Å². The van der Waals surface area contributed by atoms with Gasteiger partial charge in [0.2, 0.25) is 0 Å². The van der Waals surface area contributed by atoms with Gasteiger partial charge in [-0.15, -0.1) is 0 Å². The molecule has 3 aromatic rings. The van der Waals surface area contributed by atoms with Crippen LogP contribution in [0.1, 0.15) is 55.2 Å². The third-order valence-electron chi connectivity index (χ3n) is 6.98. The van der Waals surface area contributed by atoms with Crippen molar-refractivity contribution < 1.29 is 14.7 Å². The topological polar surface area (TPSA) is 115 Å². The van der Waals surface area contributed by atoms with Gasteiger partial charge in [-0.25, -0.2) is 9.78 Å². The molecule has 1 unspecified atom stereocenters. The van der Waals surface area contributed by atoms with Crippen LogP contribution >= 0.6 is 0 Å². The van der Waals surface area contributed by atoms with E-state index in [9.17, 15) is 20.0 Å². The summed E-state index contributed by atoms with van der Waals surface area (Å²) in [5.41, 5.74) is 2.79. The van der Waals surface area contributed by atoms with E-state index >= 15 is 0 Å².